The van der Waals surface area contributed by atoms with Gasteiger partial charge in [0.25, 0.3) is 0 Å². The molecule has 0 amide bonds. The fourth-order valence-corrected chi connectivity index (χ4v) is 2.09. The standard InChI is InChI=1S/C13H19FN2S/c1-3-12(8-13(15)17)16(2)9-10-5-4-6-11(14)7-10/h4-7,12H,3,8-9H2,1-2H3,(H2,15,17). The van der Waals surface area contributed by atoms with Crippen LogP contribution in [0, 0.1) is 5.82 Å². The smallest absolute Gasteiger partial charge is 0.123 e. The second-order valence-electron chi connectivity index (χ2n) is 4.28. The monoisotopic (exact) mass is 254 g/mol. The van der Waals surface area contributed by atoms with Crippen molar-refractivity contribution in [3.8, 4) is 0 Å². The maximum atomic E-state index is 13.1. The van der Waals surface area contributed by atoms with E-state index < -0.39 is 0 Å². The van der Waals surface area contributed by atoms with E-state index in [9.17, 15) is 4.39 Å². The van der Waals surface area contributed by atoms with Crippen molar-refractivity contribution >= 4 is 17.2 Å². The van der Waals surface area contributed by atoms with Crippen LogP contribution in [0.3, 0.4) is 0 Å². The van der Waals surface area contributed by atoms with Gasteiger partial charge in [0.1, 0.15) is 5.82 Å². The summed E-state index contributed by atoms with van der Waals surface area (Å²) in [6.45, 7) is 2.81. The van der Waals surface area contributed by atoms with E-state index in [-0.39, 0.29) is 5.82 Å². The molecule has 1 rings (SSSR count). The van der Waals surface area contributed by atoms with Crippen molar-refractivity contribution in [1.82, 2.24) is 4.90 Å². The summed E-state index contributed by atoms with van der Waals surface area (Å²) in [5, 5.41) is 0. The Bertz CT molecular complexity index is 381. The lowest BCUT2D eigenvalue weighted by Gasteiger charge is -2.26. The predicted molar refractivity (Wildman–Crippen MR) is 73.3 cm³/mol. The average molecular weight is 254 g/mol. The molecule has 0 bridgehead atoms. The number of halogens is 1. The van der Waals surface area contributed by atoms with Crippen molar-refractivity contribution in [2.45, 2.75) is 32.4 Å². The Labute approximate surface area is 108 Å². The van der Waals surface area contributed by atoms with Crippen LogP contribution in [0.2, 0.25) is 0 Å². The molecule has 0 saturated carbocycles. The average Bonchev–Trinajstić information content (AvgIpc) is 2.25. The van der Waals surface area contributed by atoms with Gasteiger partial charge in [-0.25, -0.2) is 4.39 Å². The second kappa shape index (κ2) is 6.67. The summed E-state index contributed by atoms with van der Waals surface area (Å²) in [7, 11) is 2.01. The fraction of sp³-hybridized carbons (Fsp3) is 0.462. The molecule has 2 nitrogen and oxygen atoms in total. The summed E-state index contributed by atoms with van der Waals surface area (Å²) in [5.41, 5.74) is 6.54. The maximum absolute atomic E-state index is 13.1. The highest BCUT2D eigenvalue weighted by Gasteiger charge is 2.14. The molecule has 0 spiro atoms. The Balaban J connectivity index is 2.63. The van der Waals surface area contributed by atoms with Crippen molar-refractivity contribution in [3.05, 3.63) is 35.6 Å². The third-order valence-corrected chi connectivity index (χ3v) is 3.02. The summed E-state index contributed by atoms with van der Waals surface area (Å²) >= 11 is 4.93. The molecule has 4 heteroatoms. The molecule has 1 unspecified atom stereocenters. The first-order chi connectivity index (χ1) is 8.02. The van der Waals surface area contributed by atoms with Crippen LogP contribution in [-0.2, 0) is 6.54 Å². The molecule has 0 heterocycles. The molecule has 2 N–H and O–H groups in total. The molecule has 0 saturated heterocycles. The van der Waals surface area contributed by atoms with Gasteiger partial charge in [0.2, 0.25) is 0 Å². The number of rotatable bonds is 6. The van der Waals surface area contributed by atoms with Gasteiger partial charge in [-0.15, -0.1) is 0 Å². The van der Waals surface area contributed by atoms with Gasteiger partial charge in [0, 0.05) is 19.0 Å². The predicted octanol–water partition coefficient (Wildman–Crippen LogP) is 2.71. The number of thiocarbonyl (C=S) groups is 1. The molecule has 17 heavy (non-hydrogen) atoms. The second-order valence-corrected chi connectivity index (χ2v) is 4.80. The highest BCUT2D eigenvalue weighted by molar-refractivity contribution is 7.80. The number of benzene rings is 1. The van der Waals surface area contributed by atoms with Gasteiger partial charge in [-0.2, -0.15) is 0 Å². The highest BCUT2D eigenvalue weighted by atomic mass is 32.1. The minimum Gasteiger partial charge on any atom is -0.393 e. The summed E-state index contributed by atoms with van der Waals surface area (Å²) < 4.78 is 13.1. The molecular weight excluding hydrogens is 235 g/mol. The first-order valence-corrected chi connectivity index (χ1v) is 6.16. The maximum Gasteiger partial charge on any atom is 0.123 e. The first-order valence-electron chi connectivity index (χ1n) is 5.76. The Morgan fingerprint density at radius 2 is 2.24 bits per heavy atom. The third-order valence-electron chi connectivity index (χ3n) is 2.85. The number of hydrogen-bond donors (Lipinski definition) is 1. The van der Waals surface area contributed by atoms with Gasteiger partial charge in [-0.1, -0.05) is 31.3 Å². The first kappa shape index (κ1) is 14.1. The van der Waals surface area contributed by atoms with E-state index in [1.54, 1.807) is 12.1 Å². The number of nitrogens with zero attached hydrogens (tertiary/aromatic N) is 1. The van der Waals surface area contributed by atoms with Gasteiger partial charge in [0.05, 0.1) is 4.99 Å². The van der Waals surface area contributed by atoms with Gasteiger partial charge in [0.15, 0.2) is 0 Å². The van der Waals surface area contributed by atoms with Crippen LogP contribution in [0.1, 0.15) is 25.3 Å². The molecule has 0 aliphatic rings. The quantitative estimate of drug-likeness (QED) is 0.791. The van der Waals surface area contributed by atoms with Crippen molar-refractivity contribution in [3.63, 3.8) is 0 Å². The van der Waals surface area contributed by atoms with Crippen LogP contribution in [0.25, 0.3) is 0 Å². The Kier molecular flexibility index (Phi) is 5.51. The van der Waals surface area contributed by atoms with Crippen LogP contribution in [0.4, 0.5) is 4.39 Å². The lowest BCUT2D eigenvalue weighted by molar-refractivity contribution is 0.233. The molecule has 0 aromatic heterocycles. The van der Waals surface area contributed by atoms with Crippen LogP contribution < -0.4 is 5.73 Å². The molecule has 0 radical (unpaired) electrons. The van der Waals surface area contributed by atoms with Crippen LogP contribution in [0.5, 0.6) is 0 Å². The van der Waals surface area contributed by atoms with E-state index in [4.69, 9.17) is 18.0 Å². The molecule has 0 fully saturated rings. The molecule has 1 atom stereocenters. The van der Waals surface area contributed by atoms with Crippen molar-refractivity contribution < 1.29 is 4.39 Å². The van der Waals surface area contributed by atoms with E-state index in [0.717, 1.165) is 12.0 Å². The van der Waals surface area contributed by atoms with E-state index in [2.05, 4.69) is 11.8 Å². The summed E-state index contributed by atoms with van der Waals surface area (Å²) in [6.07, 6.45) is 1.68. The summed E-state index contributed by atoms with van der Waals surface area (Å²) in [6, 6.07) is 6.98. The SMILES string of the molecule is CCC(CC(N)=S)N(C)Cc1cccc(F)c1. The lowest BCUT2D eigenvalue weighted by Crippen LogP contribution is -2.34. The molecular formula is C13H19FN2S. The molecule has 0 aliphatic heterocycles. The van der Waals surface area contributed by atoms with E-state index in [1.165, 1.54) is 6.07 Å². The minimum atomic E-state index is -0.196. The van der Waals surface area contributed by atoms with Crippen molar-refractivity contribution in [2.24, 2.45) is 5.73 Å². The van der Waals surface area contributed by atoms with Gasteiger partial charge in [-0.05, 0) is 31.2 Å². The lowest BCUT2D eigenvalue weighted by atomic mass is 10.1. The Morgan fingerprint density at radius 3 is 2.76 bits per heavy atom. The third kappa shape index (κ3) is 4.79. The van der Waals surface area contributed by atoms with Gasteiger partial charge >= 0.3 is 0 Å². The van der Waals surface area contributed by atoms with Gasteiger partial charge in [-0.3, -0.25) is 4.90 Å². The van der Waals surface area contributed by atoms with Crippen LogP contribution in [-0.4, -0.2) is 23.0 Å². The topological polar surface area (TPSA) is 29.3 Å². The minimum absolute atomic E-state index is 0.196. The Morgan fingerprint density at radius 1 is 1.53 bits per heavy atom. The van der Waals surface area contributed by atoms with Crippen molar-refractivity contribution in [1.29, 1.82) is 0 Å². The summed E-state index contributed by atoms with van der Waals surface area (Å²) in [5.74, 6) is -0.196. The fourth-order valence-electron chi connectivity index (χ4n) is 1.90. The van der Waals surface area contributed by atoms with E-state index in [1.807, 2.05) is 13.1 Å². The molecule has 1 aromatic rings. The highest BCUT2D eigenvalue weighted by Crippen LogP contribution is 2.12. The number of hydrogen-bond acceptors (Lipinski definition) is 2. The molecule has 0 aliphatic carbocycles. The van der Waals surface area contributed by atoms with Gasteiger partial charge < -0.3 is 5.73 Å². The Hall–Kier alpha value is -1.00. The largest absolute Gasteiger partial charge is 0.393 e. The number of nitrogens with two attached hydrogens (primary N) is 1. The van der Waals surface area contributed by atoms with Crippen LogP contribution >= 0.6 is 12.2 Å². The normalized spacial score (nSPS) is 12.7. The zero-order chi connectivity index (χ0) is 12.8. The molecule has 1 aromatic carbocycles. The van der Waals surface area contributed by atoms with Crippen LogP contribution in [0.15, 0.2) is 24.3 Å². The zero-order valence-corrected chi connectivity index (χ0v) is 11.1. The van der Waals surface area contributed by atoms with Crippen molar-refractivity contribution in [2.75, 3.05) is 7.05 Å². The van der Waals surface area contributed by atoms with E-state index >= 15 is 0 Å². The zero-order valence-electron chi connectivity index (χ0n) is 10.3. The molecule has 94 valence electrons. The summed E-state index contributed by atoms with van der Waals surface area (Å²) in [4.78, 5) is 2.69. The van der Waals surface area contributed by atoms with E-state index in [0.29, 0.717) is 24.0 Å².